The summed E-state index contributed by atoms with van der Waals surface area (Å²) in [6.45, 7) is 1.42. The molecule has 132 valence electrons. The third kappa shape index (κ3) is 4.90. The van der Waals surface area contributed by atoms with Crippen molar-refractivity contribution in [2.45, 2.75) is 25.1 Å². The molecule has 0 spiro atoms. The van der Waals surface area contributed by atoms with E-state index in [0.717, 1.165) is 12.0 Å². The van der Waals surface area contributed by atoms with Gasteiger partial charge in [-0.25, -0.2) is 13.1 Å². The van der Waals surface area contributed by atoms with Crippen LogP contribution in [0, 0.1) is 0 Å². The number of rotatable bonds is 6. The van der Waals surface area contributed by atoms with Crippen LogP contribution >= 0.6 is 0 Å². The molecule has 0 unspecified atom stereocenters. The van der Waals surface area contributed by atoms with E-state index in [9.17, 15) is 13.2 Å². The number of sulfonamides is 1. The Balaban J connectivity index is 1.48. The molecule has 0 bridgehead atoms. The summed E-state index contributed by atoms with van der Waals surface area (Å²) in [4.78, 5) is 14.1. The third-order valence-corrected chi connectivity index (χ3v) is 5.70. The summed E-state index contributed by atoms with van der Waals surface area (Å²) in [5, 5.41) is 0. The number of nitrogens with zero attached hydrogens (tertiary/aromatic N) is 1. The van der Waals surface area contributed by atoms with Crippen LogP contribution in [0.1, 0.15) is 23.1 Å². The molecule has 0 saturated carbocycles. The Morgan fingerprint density at radius 3 is 2.44 bits per heavy atom. The van der Waals surface area contributed by atoms with Gasteiger partial charge in [-0.3, -0.25) is 4.79 Å². The zero-order chi connectivity index (χ0) is 17.7. The van der Waals surface area contributed by atoms with E-state index in [4.69, 9.17) is 0 Å². The maximum Gasteiger partial charge on any atom is 0.224 e. The number of nitrogens with one attached hydrogen (secondary N) is 1. The van der Waals surface area contributed by atoms with Crippen LogP contribution in [0.25, 0.3) is 0 Å². The lowest BCUT2D eigenvalue weighted by molar-refractivity contribution is -0.131. The molecule has 1 aliphatic heterocycles. The minimum absolute atomic E-state index is 0.0167. The first kappa shape index (κ1) is 17.6. The molecule has 25 heavy (non-hydrogen) atoms. The molecule has 0 radical (unpaired) electrons. The maximum atomic E-state index is 12.3. The SMILES string of the molecule is O=C(CCNS(=O)(=O)Cc1ccccc1)N1CCc2ccccc2C1. The Morgan fingerprint density at radius 1 is 1.00 bits per heavy atom. The molecule has 1 aliphatic rings. The van der Waals surface area contributed by atoms with Crippen molar-refractivity contribution >= 4 is 15.9 Å². The molecule has 1 heterocycles. The summed E-state index contributed by atoms with van der Waals surface area (Å²) in [5.74, 6) is -0.0871. The Morgan fingerprint density at radius 2 is 1.68 bits per heavy atom. The summed E-state index contributed by atoms with van der Waals surface area (Å²) >= 11 is 0. The summed E-state index contributed by atoms with van der Waals surface area (Å²) < 4.78 is 26.7. The van der Waals surface area contributed by atoms with Gasteiger partial charge in [-0.2, -0.15) is 0 Å². The van der Waals surface area contributed by atoms with Crippen molar-refractivity contribution in [2.24, 2.45) is 0 Å². The van der Waals surface area contributed by atoms with Gasteiger partial charge in [0.05, 0.1) is 5.75 Å². The van der Waals surface area contributed by atoms with Crippen LogP contribution in [0.2, 0.25) is 0 Å². The number of carbonyl (C=O) groups excluding carboxylic acids is 1. The van der Waals surface area contributed by atoms with E-state index in [2.05, 4.69) is 10.8 Å². The first-order valence-corrected chi connectivity index (χ1v) is 10.0. The highest BCUT2D eigenvalue weighted by molar-refractivity contribution is 7.88. The molecule has 0 atom stereocenters. The van der Waals surface area contributed by atoms with Crippen LogP contribution in [0.4, 0.5) is 0 Å². The lowest BCUT2D eigenvalue weighted by Gasteiger charge is -2.29. The van der Waals surface area contributed by atoms with Crippen LogP contribution in [0.3, 0.4) is 0 Å². The van der Waals surface area contributed by atoms with Crippen molar-refractivity contribution in [3.63, 3.8) is 0 Å². The molecule has 1 amide bonds. The molecule has 1 N–H and O–H groups in total. The van der Waals surface area contributed by atoms with Crippen LogP contribution < -0.4 is 4.72 Å². The molecule has 0 aliphatic carbocycles. The van der Waals surface area contributed by atoms with Gasteiger partial charge in [-0.15, -0.1) is 0 Å². The van der Waals surface area contributed by atoms with Crippen LogP contribution in [0.5, 0.6) is 0 Å². The fraction of sp³-hybridized carbons (Fsp3) is 0.316. The Labute approximate surface area is 148 Å². The fourth-order valence-electron chi connectivity index (χ4n) is 3.02. The molecule has 3 rings (SSSR count). The van der Waals surface area contributed by atoms with Crippen LogP contribution in [-0.4, -0.2) is 32.3 Å². The van der Waals surface area contributed by atoms with Crippen LogP contribution in [-0.2, 0) is 33.5 Å². The quantitative estimate of drug-likeness (QED) is 0.860. The monoisotopic (exact) mass is 358 g/mol. The summed E-state index contributed by atoms with van der Waals surface area (Å²) in [6, 6.07) is 17.1. The highest BCUT2D eigenvalue weighted by Gasteiger charge is 2.20. The van der Waals surface area contributed by atoms with Gasteiger partial charge < -0.3 is 4.90 Å². The van der Waals surface area contributed by atoms with Gasteiger partial charge in [0.15, 0.2) is 0 Å². The Hall–Kier alpha value is -2.18. The molecular weight excluding hydrogens is 336 g/mol. The van der Waals surface area contributed by atoms with Gasteiger partial charge in [0.25, 0.3) is 0 Å². The molecule has 5 nitrogen and oxygen atoms in total. The minimum Gasteiger partial charge on any atom is -0.338 e. The Kier molecular flexibility index (Phi) is 5.50. The maximum absolute atomic E-state index is 12.3. The number of amides is 1. The van der Waals surface area contributed by atoms with E-state index in [1.54, 1.807) is 17.0 Å². The molecule has 2 aromatic carbocycles. The first-order chi connectivity index (χ1) is 12.0. The summed E-state index contributed by atoms with van der Waals surface area (Å²) in [6.07, 6.45) is 1.03. The molecular formula is C19H22N2O3S. The smallest absolute Gasteiger partial charge is 0.224 e. The number of benzene rings is 2. The second kappa shape index (κ2) is 7.80. The van der Waals surface area contributed by atoms with Gasteiger partial charge >= 0.3 is 0 Å². The highest BCUT2D eigenvalue weighted by atomic mass is 32.2. The molecule has 0 aromatic heterocycles. The van der Waals surface area contributed by atoms with E-state index < -0.39 is 10.0 Å². The summed E-state index contributed by atoms with van der Waals surface area (Å²) in [7, 11) is -3.43. The molecule has 0 saturated heterocycles. The van der Waals surface area contributed by atoms with E-state index in [-0.39, 0.29) is 24.6 Å². The van der Waals surface area contributed by atoms with Gasteiger partial charge in [0, 0.05) is 26.1 Å². The zero-order valence-corrected chi connectivity index (χ0v) is 14.8. The predicted octanol–water partition coefficient (Wildman–Crippen LogP) is 2.08. The first-order valence-electron chi connectivity index (χ1n) is 8.39. The topological polar surface area (TPSA) is 66.5 Å². The van der Waals surface area contributed by atoms with Gasteiger partial charge in [0.1, 0.15) is 0 Å². The lowest BCUT2D eigenvalue weighted by atomic mass is 10.00. The number of carbonyl (C=O) groups is 1. The van der Waals surface area contributed by atoms with Gasteiger partial charge in [-0.1, -0.05) is 54.6 Å². The highest BCUT2D eigenvalue weighted by Crippen LogP contribution is 2.18. The third-order valence-electron chi connectivity index (χ3n) is 4.34. The normalized spacial score (nSPS) is 14.2. The summed E-state index contributed by atoms with van der Waals surface area (Å²) in [5.41, 5.74) is 3.19. The molecule has 6 heteroatoms. The largest absolute Gasteiger partial charge is 0.338 e. The molecule has 0 fully saturated rings. The minimum atomic E-state index is -3.43. The van der Waals surface area contributed by atoms with E-state index in [1.807, 2.05) is 36.4 Å². The number of hydrogen-bond acceptors (Lipinski definition) is 3. The fourth-order valence-corrected chi connectivity index (χ4v) is 4.17. The van der Waals surface area contributed by atoms with Crippen molar-refractivity contribution in [3.8, 4) is 0 Å². The molecule has 2 aromatic rings. The van der Waals surface area contributed by atoms with E-state index in [1.165, 1.54) is 11.1 Å². The van der Waals surface area contributed by atoms with E-state index in [0.29, 0.717) is 13.1 Å². The van der Waals surface area contributed by atoms with Crippen molar-refractivity contribution in [1.29, 1.82) is 0 Å². The van der Waals surface area contributed by atoms with Crippen molar-refractivity contribution in [3.05, 3.63) is 71.3 Å². The lowest BCUT2D eigenvalue weighted by Crippen LogP contribution is -2.38. The van der Waals surface area contributed by atoms with Crippen molar-refractivity contribution < 1.29 is 13.2 Å². The Bertz CT molecular complexity index is 835. The average molecular weight is 358 g/mol. The zero-order valence-electron chi connectivity index (χ0n) is 14.0. The standard InChI is InChI=1S/C19H22N2O3S/c22-19(21-13-11-17-8-4-5-9-18(17)14-21)10-12-20-25(23,24)15-16-6-2-1-3-7-16/h1-9,20H,10-15H2. The predicted molar refractivity (Wildman–Crippen MR) is 97.2 cm³/mol. The second-order valence-electron chi connectivity index (χ2n) is 6.22. The van der Waals surface area contributed by atoms with Gasteiger partial charge in [-0.05, 0) is 23.1 Å². The second-order valence-corrected chi connectivity index (χ2v) is 8.03. The average Bonchev–Trinajstić information content (AvgIpc) is 2.61. The van der Waals surface area contributed by atoms with E-state index >= 15 is 0 Å². The van der Waals surface area contributed by atoms with Crippen LogP contribution in [0.15, 0.2) is 54.6 Å². The number of hydrogen-bond donors (Lipinski definition) is 1. The van der Waals surface area contributed by atoms with Crippen molar-refractivity contribution in [1.82, 2.24) is 9.62 Å². The van der Waals surface area contributed by atoms with Crippen molar-refractivity contribution in [2.75, 3.05) is 13.1 Å². The van der Waals surface area contributed by atoms with Gasteiger partial charge in [0.2, 0.25) is 15.9 Å². The number of fused-ring (bicyclic) bond motifs is 1.